The number of sulfone groups is 1. The Morgan fingerprint density at radius 1 is 1.00 bits per heavy atom. The lowest BCUT2D eigenvalue weighted by molar-refractivity contribution is -0.385. The molecule has 1 heterocycles. The van der Waals surface area contributed by atoms with E-state index in [4.69, 9.17) is 0 Å². The summed E-state index contributed by atoms with van der Waals surface area (Å²) in [5.74, 6) is -3.23. The van der Waals surface area contributed by atoms with Gasteiger partial charge in [0.2, 0.25) is 10.0 Å². The molecule has 172 valence electrons. The third-order valence-corrected chi connectivity index (χ3v) is 7.86. The monoisotopic (exact) mass is 489 g/mol. The molecule has 1 aliphatic heterocycles. The van der Waals surface area contributed by atoms with Crippen LogP contribution in [0.4, 0.5) is 14.5 Å². The molecule has 0 aliphatic carbocycles. The number of hydrogen-bond donors (Lipinski definition) is 0. The molecule has 14 heteroatoms. The molecule has 10 nitrogen and oxygen atoms in total. The third kappa shape index (κ3) is 4.61. The zero-order valence-electron chi connectivity index (χ0n) is 16.6. The SMILES string of the molecule is CS(=O)(=O)c1cc(C(=O)N2CCN(S(=O)(=O)c3c(F)cccc3F)CC2)cc([N+](=O)[O-])c1. The number of sulfonamides is 1. The molecule has 0 unspecified atom stereocenters. The maximum atomic E-state index is 14.0. The van der Waals surface area contributed by atoms with E-state index in [1.165, 1.54) is 4.90 Å². The number of carbonyl (C=O) groups excluding carboxylic acids is 1. The second-order valence-electron chi connectivity index (χ2n) is 6.99. The highest BCUT2D eigenvalue weighted by molar-refractivity contribution is 7.90. The topological polar surface area (TPSA) is 135 Å². The van der Waals surface area contributed by atoms with E-state index in [0.717, 1.165) is 47.0 Å². The van der Waals surface area contributed by atoms with Gasteiger partial charge in [0.25, 0.3) is 11.6 Å². The second kappa shape index (κ2) is 8.52. The molecular weight excluding hydrogens is 472 g/mol. The minimum atomic E-state index is -4.50. The van der Waals surface area contributed by atoms with Gasteiger partial charge in [-0.1, -0.05) is 6.07 Å². The van der Waals surface area contributed by atoms with E-state index in [1.54, 1.807) is 0 Å². The van der Waals surface area contributed by atoms with Crippen LogP contribution in [0.25, 0.3) is 0 Å². The molecule has 2 aromatic rings. The van der Waals surface area contributed by atoms with Crippen LogP contribution in [-0.4, -0.2) is 69.3 Å². The van der Waals surface area contributed by atoms with Gasteiger partial charge in [0.15, 0.2) is 14.7 Å². The lowest BCUT2D eigenvalue weighted by Crippen LogP contribution is -2.50. The Hall–Kier alpha value is -2.97. The van der Waals surface area contributed by atoms with Gasteiger partial charge in [-0.25, -0.2) is 25.6 Å². The first-order chi connectivity index (χ1) is 14.8. The Morgan fingerprint density at radius 2 is 1.56 bits per heavy atom. The molecule has 3 rings (SSSR count). The van der Waals surface area contributed by atoms with Crippen LogP contribution in [0.1, 0.15) is 10.4 Å². The summed E-state index contributed by atoms with van der Waals surface area (Å²) in [5, 5.41) is 11.1. The van der Waals surface area contributed by atoms with Gasteiger partial charge in [-0.2, -0.15) is 4.31 Å². The van der Waals surface area contributed by atoms with Crippen molar-refractivity contribution in [2.45, 2.75) is 9.79 Å². The highest BCUT2D eigenvalue weighted by atomic mass is 32.2. The number of nitrogens with zero attached hydrogens (tertiary/aromatic N) is 3. The fourth-order valence-electron chi connectivity index (χ4n) is 3.20. The van der Waals surface area contributed by atoms with E-state index in [9.17, 15) is 40.5 Å². The largest absolute Gasteiger partial charge is 0.336 e. The Labute approximate surface area is 182 Å². The number of rotatable bonds is 5. The summed E-state index contributed by atoms with van der Waals surface area (Å²) in [6.07, 6.45) is 0.839. The maximum absolute atomic E-state index is 14.0. The summed E-state index contributed by atoms with van der Waals surface area (Å²) in [4.78, 5) is 22.8. The molecule has 0 aromatic heterocycles. The lowest BCUT2D eigenvalue weighted by Gasteiger charge is -2.34. The van der Waals surface area contributed by atoms with Crippen molar-refractivity contribution in [1.82, 2.24) is 9.21 Å². The van der Waals surface area contributed by atoms with Crippen molar-refractivity contribution in [3.8, 4) is 0 Å². The van der Waals surface area contributed by atoms with Crippen LogP contribution in [0.3, 0.4) is 0 Å². The lowest BCUT2D eigenvalue weighted by atomic mass is 10.1. The summed E-state index contributed by atoms with van der Waals surface area (Å²) in [7, 11) is -8.35. The molecule has 1 amide bonds. The number of piperazine rings is 1. The first kappa shape index (κ1) is 23.7. The fourth-order valence-corrected chi connectivity index (χ4v) is 5.41. The van der Waals surface area contributed by atoms with Crippen LogP contribution in [-0.2, 0) is 19.9 Å². The minimum Gasteiger partial charge on any atom is -0.336 e. The van der Waals surface area contributed by atoms with Crippen molar-refractivity contribution < 1.29 is 35.3 Å². The van der Waals surface area contributed by atoms with Gasteiger partial charge >= 0.3 is 0 Å². The van der Waals surface area contributed by atoms with Crippen molar-refractivity contribution in [3.05, 3.63) is 63.7 Å². The summed E-state index contributed by atoms with van der Waals surface area (Å²) >= 11 is 0. The van der Waals surface area contributed by atoms with Crippen LogP contribution in [0, 0.1) is 21.7 Å². The Morgan fingerprint density at radius 3 is 2.06 bits per heavy atom. The summed E-state index contributed by atoms with van der Waals surface area (Å²) < 4.78 is 77.7. The van der Waals surface area contributed by atoms with Gasteiger partial charge in [-0.05, 0) is 18.2 Å². The van der Waals surface area contributed by atoms with E-state index in [-0.39, 0.29) is 31.7 Å². The Bertz CT molecular complexity index is 1290. The molecule has 2 aromatic carbocycles. The Balaban J connectivity index is 1.83. The second-order valence-corrected chi connectivity index (χ2v) is 10.9. The van der Waals surface area contributed by atoms with Gasteiger partial charge in [-0.3, -0.25) is 14.9 Å². The van der Waals surface area contributed by atoms with E-state index in [0.29, 0.717) is 0 Å². The number of amides is 1. The minimum absolute atomic E-state index is 0.176. The smallest absolute Gasteiger partial charge is 0.271 e. The number of carbonyl (C=O) groups is 1. The molecule has 0 saturated carbocycles. The van der Waals surface area contributed by atoms with Crippen LogP contribution >= 0.6 is 0 Å². The molecule has 0 bridgehead atoms. The molecule has 32 heavy (non-hydrogen) atoms. The van der Waals surface area contributed by atoms with Gasteiger partial charge < -0.3 is 4.90 Å². The predicted molar refractivity (Wildman–Crippen MR) is 107 cm³/mol. The molecule has 0 spiro atoms. The van der Waals surface area contributed by atoms with Crippen molar-refractivity contribution in [2.24, 2.45) is 0 Å². The van der Waals surface area contributed by atoms with Gasteiger partial charge in [-0.15, -0.1) is 0 Å². The highest BCUT2D eigenvalue weighted by Gasteiger charge is 2.34. The van der Waals surface area contributed by atoms with Crippen molar-refractivity contribution >= 4 is 31.5 Å². The third-order valence-electron chi connectivity index (χ3n) is 4.82. The molecule has 0 N–H and O–H groups in total. The van der Waals surface area contributed by atoms with Gasteiger partial charge in [0, 0.05) is 50.1 Å². The molecule has 0 radical (unpaired) electrons. The molecule has 1 saturated heterocycles. The number of benzene rings is 2. The van der Waals surface area contributed by atoms with Crippen molar-refractivity contribution in [1.29, 1.82) is 0 Å². The number of hydrogen-bond acceptors (Lipinski definition) is 7. The van der Waals surface area contributed by atoms with E-state index < -0.39 is 57.8 Å². The van der Waals surface area contributed by atoms with Crippen LogP contribution in [0.2, 0.25) is 0 Å². The van der Waals surface area contributed by atoms with Crippen molar-refractivity contribution in [2.75, 3.05) is 32.4 Å². The summed E-state index contributed by atoms with van der Waals surface area (Å²) in [6.45, 7) is -0.915. The van der Waals surface area contributed by atoms with Gasteiger partial charge in [0.1, 0.15) is 11.6 Å². The first-order valence-electron chi connectivity index (χ1n) is 9.05. The Kier molecular flexibility index (Phi) is 6.31. The summed E-state index contributed by atoms with van der Waals surface area (Å²) in [6, 6.07) is 5.43. The highest BCUT2D eigenvalue weighted by Crippen LogP contribution is 2.25. The molecule has 1 fully saturated rings. The van der Waals surface area contributed by atoms with Crippen LogP contribution < -0.4 is 0 Å². The normalized spacial score (nSPS) is 15.5. The quantitative estimate of drug-likeness (QED) is 0.458. The number of nitro groups is 1. The van der Waals surface area contributed by atoms with Crippen LogP contribution in [0.5, 0.6) is 0 Å². The maximum Gasteiger partial charge on any atom is 0.271 e. The van der Waals surface area contributed by atoms with E-state index in [1.807, 2.05) is 0 Å². The number of non-ortho nitro benzene ring substituents is 1. The predicted octanol–water partition coefficient (Wildman–Crippen LogP) is 1.42. The molecule has 0 atom stereocenters. The average Bonchev–Trinajstić information content (AvgIpc) is 2.72. The average molecular weight is 489 g/mol. The first-order valence-corrected chi connectivity index (χ1v) is 12.4. The van der Waals surface area contributed by atoms with Crippen LogP contribution in [0.15, 0.2) is 46.2 Å². The summed E-state index contributed by atoms with van der Waals surface area (Å²) in [5.41, 5.74) is -0.844. The fraction of sp³-hybridized carbons (Fsp3) is 0.278. The number of nitro benzene ring substituents is 1. The molecular formula is C18H17F2N3O7S2. The van der Waals surface area contributed by atoms with Crippen molar-refractivity contribution in [3.63, 3.8) is 0 Å². The molecule has 1 aliphatic rings. The standard InChI is InChI=1S/C18H17F2N3O7S2/c1-31(27,28)14-10-12(9-13(11-14)23(25)26)18(24)21-5-7-22(8-6-21)32(29,30)17-15(19)3-2-4-16(17)20/h2-4,9-11H,5-8H2,1H3. The van der Waals surface area contributed by atoms with E-state index in [2.05, 4.69) is 0 Å². The number of halogens is 2. The van der Waals surface area contributed by atoms with E-state index >= 15 is 0 Å². The van der Waals surface area contributed by atoms with Gasteiger partial charge in [0.05, 0.1) is 9.82 Å². The zero-order valence-corrected chi connectivity index (χ0v) is 18.2. The zero-order chi connectivity index (χ0) is 23.8.